The van der Waals surface area contributed by atoms with Crippen LogP contribution in [-0.2, 0) is 25.1 Å². The summed E-state index contributed by atoms with van der Waals surface area (Å²) in [4.78, 5) is 57.1. The predicted octanol–water partition coefficient (Wildman–Crippen LogP) is 6.24. The molecule has 2 N–H and O–H groups in total. The van der Waals surface area contributed by atoms with Gasteiger partial charge < -0.3 is 20.4 Å². The lowest BCUT2D eigenvalue weighted by atomic mass is 9.81. The number of carbonyl (C=O) groups excluding carboxylic acids is 4. The van der Waals surface area contributed by atoms with Crippen LogP contribution in [0.1, 0.15) is 87.1 Å². The Hall–Kier alpha value is -3.25. The number of rotatable bonds is 12. The van der Waals surface area contributed by atoms with E-state index in [2.05, 4.69) is 15.5 Å². The number of benzene rings is 1. The first-order valence-electron chi connectivity index (χ1n) is 16.7. The molecule has 2 fully saturated rings. The Labute approximate surface area is 279 Å². The van der Waals surface area contributed by atoms with Gasteiger partial charge in [0, 0.05) is 66.7 Å². The first-order chi connectivity index (χ1) is 22.3. The van der Waals surface area contributed by atoms with E-state index in [4.69, 9.17) is 0 Å². The summed E-state index contributed by atoms with van der Waals surface area (Å²) < 4.78 is 46.0. The molecule has 2 heterocycles. The zero-order valence-corrected chi connectivity index (χ0v) is 28.6. The normalized spacial score (nSPS) is 18.6. The molecule has 0 unspecified atom stereocenters. The second kappa shape index (κ2) is 16.2. The quantitative estimate of drug-likeness (QED) is 0.259. The summed E-state index contributed by atoms with van der Waals surface area (Å²) in [5, 5.41) is 6.66. The Bertz CT molecular complexity index is 1420. The molecule has 1 aromatic heterocycles. The molecule has 1 aromatic carbocycles. The van der Waals surface area contributed by atoms with Crippen LogP contribution in [0.3, 0.4) is 0 Å². The minimum atomic E-state index is -3.73. The number of thiophene rings is 1. The fraction of sp³-hybridized carbons (Fsp3) is 0.600. The summed E-state index contributed by atoms with van der Waals surface area (Å²) in [5.74, 6) is -8.94. The van der Waals surface area contributed by atoms with E-state index in [1.54, 1.807) is 31.7 Å². The van der Waals surface area contributed by atoms with Gasteiger partial charge in [0.1, 0.15) is 11.9 Å². The third kappa shape index (κ3) is 9.22. The van der Waals surface area contributed by atoms with E-state index in [1.165, 1.54) is 23.6 Å². The highest BCUT2D eigenvalue weighted by atomic mass is 32.1. The van der Waals surface area contributed by atoms with E-state index in [0.717, 1.165) is 37.0 Å². The summed E-state index contributed by atoms with van der Waals surface area (Å²) in [6.45, 7) is 7.56. The highest BCUT2D eigenvalue weighted by Gasteiger charge is 2.44. The van der Waals surface area contributed by atoms with Crippen molar-refractivity contribution in [1.29, 1.82) is 0 Å². The lowest BCUT2D eigenvalue weighted by molar-refractivity contribution is -0.147. The van der Waals surface area contributed by atoms with Crippen LogP contribution in [0, 0.1) is 24.6 Å². The number of amides is 3. The maximum Gasteiger partial charge on any atom is 0.331 e. The van der Waals surface area contributed by atoms with Crippen molar-refractivity contribution in [3.05, 3.63) is 51.5 Å². The van der Waals surface area contributed by atoms with Gasteiger partial charge in [-0.1, -0.05) is 45.6 Å². The third-order valence-electron chi connectivity index (χ3n) is 9.65. The molecule has 2 aromatic rings. The molecule has 0 spiro atoms. The number of Topliss-reactive ketones (excluding diaryl/α,β-unsaturated/α-hetero) is 1. The summed E-state index contributed by atoms with van der Waals surface area (Å²) in [5.41, 5.74) is -0.0670. The Morgan fingerprint density at radius 3 is 2.26 bits per heavy atom. The number of alkyl halides is 2. The zero-order chi connectivity index (χ0) is 34.3. The van der Waals surface area contributed by atoms with Crippen molar-refractivity contribution in [2.75, 3.05) is 38.5 Å². The number of ketones is 1. The number of likely N-dealkylation sites (N-methyl/N-ethyl adjacent to an activating group) is 1. The topological polar surface area (TPSA) is 98.8 Å². The van der Waals surface area contributed by atoms with Crippen LogP contribution >= 0.6 is 11.3 Å². The molecular weight excluding hydrogens is 629 g/mol. The van der Waals surface area contributed by atoms with Crippen LogP contribution < -0.4 is 10.6 Å². The second-order valence-electron chi connectivity index (χ2n) is 13.1. The molecule has 0 radical (unpaired) electrons. The van der Waals surface area contributed by atoms with E-state index in [-0.39, 0.29) is 35.4 Å². The van der Waals surface area contributed by atoms with Gasteiger partial charge in [0.25, 0.3) is 0 Å². The summed E-state index contributed by atoms with van der Waals surface area (Å²) in [7, 11) is 1.97. The van der Waals surface area contributed by atoms with Crippen molar-refractivity contribution < 1.29 is 32.3 Å². The highest BCUT2D eigenvalue weighted by molar-refractivity contribution is 7.10. The molecule has 47 heavy (non-hydrogen) atoms. The van der Waals surface area contributed by atoms with Crippen molar-refractivity contribution in [3.63, 3.8) is 0 Å². The SMILES string of the molecule is CCC(=O)N[C@@H](C(=O)N1CCN(C)CC1)[C@@H](C)c1ccc(NC(=O)[C@@H](CC(=O)C(F)(F)c2csc(C)c2)C2CCCCCC2)c(F)c1. The van der Waals surface area contributed by atoms with E-state index in [0.29, 0.717) is 49.5 Å². The molecule has 4 rings (SSSR count). The highest BCUT2D eigenvalue weighted by Crippen LogP contribution is 2.38. The third-order valence-corrected chi connectivity index (χ3v) is 10.5. The fourth-order valence-corrected chi connectivity index (χ4v) is 7.24. The number of hydrogen-bond donors (Lipinski definition) is 2. The average Bonchev–Trinajstić information content (AvgIpc) is 3.32. The van der Waals surface area contributed by atoms with Crippen molar-refractivity contribution >= 4 is 40.5 Å². The largest absolute Gasteiger partial charge is 0.344 e. The smallest absolute Gasteiger partial charge is 0.331 e. The Kier molecular flexibility index (Phi) is 12.6. The number of nitrogens with zero attached hydrogens (tertiary/aromatic N) is 2. The molecule has 3 atom stereocenters. The van der Waals surface area contributed by atoms with E-state index in [9.17, 15) is 19.2 Å². The van der Waals surface area contributed by atoms with E-state index in [1.807, 2.05) is 7.05 Å². The van der Waals surface area contributed by atoms with Crippen LogP contribution in [0.2, 0.25) is 0 Å². The number of anilines is 1. The van der Waals surface area contributed by atoms with Gasteiger partial charge in [0.2, 0.25) is 23.5 Å². The van der Waals surface area contributed by atoms with Crippen LogP contribution in [0.15, 0.2) is 29.6 Å². The van der Waals surface area contributed by atoms with Crippen LogP contribution in [0.25, 0.3) is 0 Å². The van der Waals surface area contributed by atoms with Crippen molar-refractivity contribution in [2.24, 2.45) is 11.8 Å². The molecule has 1 saturated carbocycles. The summed E-state index contributed by atoms with van der Waals surface area (Å²) in [6.07, 6.45) is 4.37. The molecular formula is C35H47F3N4O4S. The number of aryl methyl sites for hydroxylation is 1. The van der Waals surface area contributed by atoms with Crippen LogP contribution in [-0.4, -0.2) is 72.6 Å². The van der Waals surface area contributed by atoms with Gasteiger partial charge in [-0.15, -0.1) is 11.3 Å². The molecule has 8 nitrogen and oxygen atoms in total. The van der Waals surface area contributed by atoms with Gasteiger partial charge in [-0.25, -0.2) is 4.39 Å². The standard InChI is InChI=1S/C35H47F3N4O4S/c1-5-31(44)40-32(34(46)42-16-14-41(4)15-17-42)23(3)25-12-13-29(28(36)19-25)39-33(45)27(24-10-8-6-7-9-11-24)20-30(43)35(37,38)26-18-22(2)47-21-26/h12-13,18-19,21,23-24,27,32H,5-11,14-17,20H2,1-4H3,(H,39,45)(H,40,44)/t23-,27-,32+/m0/s1. The van der Waals surface area contributed by atoms with Gasteiger partial charge in [0.05, 0.1) is 5.69 Å². The Morgan fingerprint density at radius 2 is 1.68 bits per heavy atom. The van der Waals surface area contributed by atoms with Gasteiger partial charge >= 0.3 is 5.92 Å². The van der Waals surface area contributed by atoms with Crippen LogP contribution in [0.5, 0.6) is 0 Å². The molecule has 1 saturated heterocycles. The minimum absolute atomic E-state index is 0.142. The number of hydrogen-bond acceptors (Lipinski definition) is 6. The molecule has 0 bridgehead atoms. The minimum Gasteiger partial charge on any atom is -0.344 e. The average molecular weight is 677 g/mol. The Morgan fingerprint density at radius 1 is 1.02 bits per heavy atom. The van der Waals surface area contributed by atoms with Gasteiger partial charge in [0.15, 0.2) is 0 Å². The summed E-state index contributed by atoms with van der Waals surface area (Å²) >= 11 is 1.13. The van der Waals surface area contributed by atoms with Gasteiger partial charge in [-0.2, -0.15) is 8.78 Å². The first kappa shape index (κ1) is 36.6. The molecule has 2 aliphatic rings. The molecule has 12 heteroatoms. The maximum absolute atomic E-state index is 15.6. The lowest BCUT2D eigenvalue weighted by Crippen LogP contribution is -2.55. The molecule has 3 amide bonds. The van der Waals surface area contributed by atoms with Crippen LogP contribution in [0.4, 0.5) is 18.9 Å². The summed E-state index contributed by atoms with van der Waals surface area (Å²) in [6, 6.07) is 4.57. The monoisotopic (exact) mass is 676 g/mol. The fourth-order valence-electron chi connectivity index (χ4n) is 6.52. The number of carbonyl (C=O) groups is 4. The zero-order valence-electron chi connectivity index (χ0n) is 27.8. The van der Waals surface area contributed by atoms with Crippen molar-refractivity contribution in [2.45, 2.75) is 90.0 Å². The predicted molar refractivity (Wildman–Crippen MR) is 177 cm³/mol. The number of nitrogens with one attached hydrogen (secondary N) is 2. The van der Waals surface area contributed by atoms with E-state index < -0.39 is 47.7 Å². The Balaban J connectivity index is 1.53. The van der Waals surface area contributed by atoms with Crippen molar-refractivity contribution in [3.8, 4) is 0 Å². The molecule has 1 aliphatic carbocycles. The first-order valence-corrected chi connectivity index (χ1v) is 17.5. The number of piperazine rings is 1. The number of halogens is 3. The van der Waals surface area contributed by atoms with Gasteiger partial charge in [-0.05, 0) is 56.5 Å². The van der Waals surface area contributed by atoms with Crippen molar-refractivity contribution in [1.82, 2.24) is 15.1 Å². The maximum atomic E-state index is 15.6. The second-order valence-corrected chi connectivity index (χ2v) is 14.2. The lowest BCUT2D eigenvalue weighted by Gasteiger charge is -2.36. The molecule has 1 aliphatic heterocycles. The van der Waals surface area contributed by atoms with Gasteiger partial charge in [-0.3, -0.25) is 19.2 Å². The van der Waals surface area contributed by atoms with E-state index >= 15 is 13.2 Å². The molecule has 258 valence electrons.